The number of imidazole rings is 1. The lowest BCUT2D eigenvalue weighted by atomic mass is 10.5. The normalized spacial score (nSPS) is 10.1. The van der Waals surface area contributed by atoms with Crippen LogP contribution >= 0.6 is 0 Å². The monoisotopic (exact) mass is 228 g/mol. The molecule has 0 saturated heterocycles. The van der Waals surface area contributed by atoms with E-state index in [2.05, 4.69) is 4.98 Å². The van der Waals surface area contributed by atoms with Gasteiger partial charge in [-0.25, -0.2) is 9.55 Å². The zero-order valence-corrected chi connectivity index (χ0v) is 8.75. The van der Waals surface area contributed by atoms with Gasteiger partial charge >= 0.3 is 11.8 Å². The molecule has 2 N–H and O–H groups in total. The van der Waals surface area contributed by atoms with Gasteiger partial charge in [0.25, 0.3) is 0 Å². The van der Waals surface area contributed by atoms with Crippen molar-refractivity contribution in [1.29, 1.82) is 0 Å². The Balaban J connectivity index is 2.62. The van der Waals surface area contributed by atoms with E-state index in [1.165, 1.54) is 10.8 Å². The standard InChI is InChI=1S/C8H12N4O4/c1-6-10-5-7(12(14)15)11(6)2-3-16-8(13)4-9/h5H,2-4,9H2,1H3. The van der Waals surface area contributed by atoms with Crippen LogP contribution in [0.3, 0.4) is 0 Å². The number of aromatic nitrogens is 2. The molecule has 1 rings (SSSR count). The number of carbonyl (C=O) groups excluding carboxylic acids is 1. The van der Waals surface area contributed by atoms with Crippen molar-refractivity contribution in [3.63, 3.8) is 0 Å². The minimum atomic E-state index is -0.541. The summed E-state index contributed by atoms with van der Waals surface area (Å²) in [6, 6.07) is 0. The first-order chi connectivity index (χ1) is 7.56. The van der Waals surface area contributed by atoms with Crippen molar-refractivity contribution < 1.29 is 14.5 Å². The molecule has 1 aromatic rings. The van der Waals surface area contributed by atoms with Gasteiger partial charge in [-0.2, -0.15) is 0 Å². The van der Waals surface area contributed by atoms with E-state index in [-0.39, 0.29) is 25.5 Å². The van der Waals surface area contributed by atoms with Gasteiger partial charge in [-0.15, -0.1) is 0 Å². The number of carbonyl (C=O) groups is 1. The second-order valence-electron chi connectivity index (χ2n) is 3.00. The third-order valence-electron chi connectivity index (χ3n) is 1.97. The van der Waals surface area contributed by atoms with Gasteiger partial charge in [0.1, 0.15) is 19.3 Å². The third kappa shape index (κ3) is 2.76. The second-order valence-corrected chi connectivity index (χ2v) is 3.00. The molecule has 1 heterocycles. The molecule has 16 heavy (non-hydrogen) atoms. The number of nitrogens with two attached hydrogens (primary N) is 1. The first-order valence-electron chi connectivity index (χ1n) is 4.58. The highest BCUT2D eigenvalue weighted by atomic mass is 16.6. The van der Waals surface area contributed by atoms with E-state index in [0.29, 0.717) is 5.82 Å². The van der Waals surface area contributed by atoms with Crippen molar-refractivity contribution in [2.24, 2.45) is 5.73 Å². The third-order valence-corrected chi connectivity index (χ3v) is 1.97. The fraction of sp³-hybridized carbons (Fsp3) is 0.500. The zero-order valence-electron chi connectivity index (χ0n) is 8.75. The molecule has 8 nitrogen and oxygen atoms in total. The predicted molar refractivity (Wildman–Crippen MR) is 53.6 cm³/mol. The smallest absolute Gasteiger partial charge is 0.342 e. The number of ether oxygens (including phenoxy) is 1. The molecule has 0 spiro atoms. The van der Waals surface area contributed by atoms with E-state index in [1.807, 2.05) is 0 Å². The Kier molecular flexibility index (Phi) is 3.95. The lowest BCUT2D eigenvalue weighted by molar-refractivity contribution is -0.392. The van der Waals surface area contributed by atoms with Crippen LogP contribution < -0.4 is 5.73 Å². The minimum Gasteiger partial charge on any atom is -0.461 e. The molecule has 0 fully saturated rings. The molecular formula is C8H12N4O4. The highest BCUT2D eigenvalue weighted by Gasteiger charge is 2.17. The predicted octanol–water partition coefficient (Wildman–Crippen LogP) is -0.398. The van der Waals surface area contributed by atoms with Crippen LogP contribution in [0, 0.1) is 17.0 Å². The van der Waals surface area contributed by atoms with Crippen molar-refractivity contribution in [2.45, 2.75) is 13.5 Å². The summed E-state index contributed by atoms with van der Waals surface area (Å²) in [5.74, 6) is -0.169. The number of nitrogens with zero attached hydrogens (tertiary/aromatic N) is 3. The highest BCUT2D eigenvalue weighted by molar-refractivity contribution is 5.71. The number of esters is 1. The average molecular weight is 228 g/mol. The van der Waals surface area contributed by atoms with Crippen LogP contribution in [0.25, 0.3) is 0 Å². The van der Waals surface area contributed by atoms with E-state index in [4.69, 9.17) is 10.5 Å². The van der Waals surface area contributed by atoms with Crippen LogP contribution in [-0.2, 0) is 16.1 Å². The lowest BCUT2D eigenvalue weighted by Crippen LogP contribution is -2.19. The van der Waals surface area contributed by atoms with Crippen LogP contribution in [0.1, 0.15) is 5.82 Å². The summed E-state index contributed by atoms with van der Waals surface area (Å²) in [5.41, 5.74) is 5.04. The van der Waals surface area contributed by atoms with Gasteiger partial charge in [-0.3, -0.25) is 4.79 Å². The van der Waals surface area contributed by atoms with Crippen molar-refractivity contribution in [3.05, 3.63) is 22.1 Å². The molecule has 0 unspecified atom stereocenters. The van der Waals surface area contributed by atoms with Crippen LogP contribution in [-0.4, -0.2) is 33.6 Å². The summed E-state index contributed by atoms with van der Waals surface area (Å²) in [6.45, 7) is 1.66. The van der Waals surface area contributed by atoms with Crippen LogP contribution in [0.2, 0.25) is 0 Å². The molecule has 1 aromatic heterocycles. The molecule has 0 aromatic carbocycles. The van der Waals surface area contributed by atoms with Crippen molar-refractivity contribution >= 4 is 11.8 Å². The van der Waals surface area contributed by atoms with E-state index < -0.39 is 10.9 Å². The van der Waals surface area contributed by atoms with Gasteiger partial charge in [-0.1, -0.05) is 0 Å². The molecule has 0 amide bonds. The first kappa shape index (κ1) is 12.1. The Morgan fingerprint density at radius 1 is 1.75 bits per heavy atom. The largest absolute Gasteiger partial charge is 0.461 e. The fourth-order valence-corrected chi connectivity index (χ4v) is 1.19. The number of nitro groups is 1. The summed E-state index contributed by atoms with van der Waals surface area (Å²) >= 11 is 0. The summed E-state index contributed by atoms with van der Waals surface area (Å²) in [5, 5.41) is 10.6. The Bertz CT molecular complexity index is 401. The topological polar surface area (TPSA) is 113 Å². The van der Waals surface area contributed by atoms with E-state index in [9.17, 15) is 14.9 Å². The molecule has 0 aliphatic rings. The molecule has 0 bridgehead atoms. The van der Waals surface area contributed by atoms with E-state index in [1.54, 1.807) is 6.92 Å². The van der Waals surface area contributed by atoms with Gasteiger partial charge in [0, 0.05) is 6.92 Å². The van der Waals surface area contributed by atoms with Gasteiger partial charge in [-0.05, 0) is 4.92 Å². The Morgan fingerprint density at radius 3 is 3.00 bits per heavy atom. The van der Waals surface area contributed by atoms with E-state index in [0.717, 1.165) is 0 Å². The number of aryl methyl sites for hydroxylation is 1. The SMILES string of the molecule is Cc1ncc([N+](=O)[O-])n1CCOC(=O)CN. The summed E-state index contributed by atoms with van der Waals surface area (Å²) in [7, 11) is 0. The number of rotatable bonds is 5. The fourth-order valence-electron chi connectivity index (χ4n) is 1.19. The maximum atomic E-state index is 10.7. The quantitative estimate of drug-likeness (QED) is 0.416. The maximum absolute atomic E-state index is 10.7. The molecule has 0 atom stereocenters. The molecule has 88 valence electrons. The molecule has 0 aliphatic heterocycles. The van der Waals surface area contributed by atoms with Crippen LogP contribution in [0.4, 0.5) is 5.82 Å². The zero-order chi connectivity index (χ0) is 12.1. The van der Waals surface area contributed by atoms with Crippen molar-refractivity contribution in [2.75, 3.05) is 13.2 Å². The second kappa shape index (κ2) is 5.21. The highest BCUT2D eigenvalue weighted by Crippen LogP contribution is 2.12. The van der Waals surface area contributed by atoms with Crippen LogP contribution in [0.5, 0.6) is 0 Å². The lowest BCUT2D eigenvalue weighted by Gasteiger charge is -2.03. The molecule has 8 heteroatoms. The molecular weight excluding hydrogens is 216 g/mol. The molecule has 0 aliphatic carbocycles. The van der Waals surface area contributed by atoms with Gasteiger partial charge < -0.3 is 20.6 Å². The van der Waals surface area contributed by atoms with Crippen molar-refractivity contribution in [1.82, 2.24) is 9.55 Å². The molecule has 0 saturated carbocycles. The van der Waals surface area contributed by atoms with Gasteiger partial charge in [0.15, 0.2) is 5.82 Å². The van der Waals surface area contributed by atoms with Gasteiger partial charge in [0.05, 0.1) is 6.54 Å². The molecule has 0 radical (unpaired) electrons. The van der Waals surface area contributed by atoms with E-state index >= 15 is 0 Å². The Labute approximate surface area is 91.2 Å². The van der Waals surface area contributed by atoms with Crippen molar-refractivity contribution in [3.8, 4) is 0 Å². The summed E-state index contributed by atoms with van der Waals surface area (Å²) in [4.78, 5) is 24.6. The van der Waals surface area contributed by atoms with Gasteiger partial charge in [0.2, 0.25) is 0 Å². The number of hydrogen-bond acceptors (Lipinski definition) is 6. The average Bonchev–Trinajstić information content (AvgIpc) is 2.60. The number of hydrogen-bond donors (Lipinski definition) is 1. The Hall–Kier alpha value is -1.96. The van der Waals surface area contributed by atoms with Crippen LogP contribution in [0.15, 0.2) is 6.20 Å². The maximum Gasteiger partial charge on any atom is 0.342 e. The first-order valence-corrected chi connectivity index (χ1v) is 4.58. The summed E-state index contributed by atoms with van der Waals surface area (Å²) < 4.78 is 6.08. The summed E-state index contributed by atoms with van der Waals surface area (Å²) in [6.07, 6.45) is 1.17. The Morgan fingerprint density at radius 2 is 2.44 bits per heavy atom. The minimum absolute atomic E-state index is 0.0358.